The van der Waals surface area contributed by atoms with Gasteiger partial charge in [0.1, 0.15) is 15.7 Å². The van der Waals surface area contributed by atoms with Gasteiger partial charge in [-0.15, -0.1) is 0 Å². The first-order chi connectivity index (χ1) is 15.8. The summed E-state index contributed by atoms with van der Waals surface area (Å²) in [6.07, 6.45) is 0.605. The van der Waals surface area contributed by atoms with E-state index in [0.29, 0.717) is 34.6 Å². The SMILES string of the molecule is CCC(Sc1cc(-c2ccccc2)nc(C)n1)C(=O)Nc1nc(C)c(C(=O)OCC(C)C)s1. The van der Waals surface area contributed by atoms with Crippen molar-refractivity contribution in [2.24, 2.45) is 5.92 Å². The first kappa shape index (κ1) is 24.9. The zero-order valence-corrected chi connectivity index (χ0v) is 21.0. The van der Waals surface area contributed by atoms with Crippen LogP contribution in [0, 0.1) is 19.8 Å². The number of nitrogens with one attached hydrogen (secondary N) is 1. The molecule has 1 N–H and O–H groups in total. The van der Waals surface area contributed by atoms with E-state index in [2.05, 4.69) is 20.3 Å². The number of hydrogen-bond donors (Lipinski definition) is 1. The predicted octanol–water partition coefficient (Wildman–Crippen LogP) is 5.54. The Balaban J connectivity index is 1.71. The van der Waals surface area contributed by atoms with Crippen LogP contribution in [0.15, 0.2) is 41.4 Å². The maximum atomic E-state index is 13.0. The smallest absolute Gasteiger partial charge is 0.350 e. The Labute approximate surface area is 202 Å². The Morgan fingerprint density at radius 2 is 1.85 bits per heavy atom. The van der Waals surface area contributed by atoms with Gasteiger partial charge in [0, 0.05) is 5.56 Å². The van der Waals surface area contributed by atoms with E-state index in [1.807, 2.05) is 64.1 Å². The third kappa shape index (κ3) is 6.85. The number of amides is 1. The average Bonchev–Trinajstić information content (AvgIpc) is 3.15. The fraction of sp³-hybridized carbons (Fsp3) is 0.375. The van der Waals surface area contributed by atoms with Gasteiger partial charge in [-0.1, -0.05) is 74.2 Å². The number of carbonyl (C=O) groups is 2. The summed E-state index contributed by atoms with van der Waals surface area (Å²) in [5.74, 6) is 0.298. The monoisotopic (exact) mass is 484 g/mol. The lowest BCUT2D eigenvalue weighted by molar-refractivity contribution is -0.115. The van der Waals surface area contributed by atoms with Gasteiger partial charge >= 0.3 is 5.97 Å². The molecule has 174 valence electrons. The molecule has 0 bridgehead atoms. The quantitative estimate of drug-likeness (QED) is 0.242. The molecular formula is C24H28N4O3S2. The van der Waals surface area contributed by atoms with Gasteiger partial charge in [0.05, 0.1) is 23.2 Å². The largest absolute Gasteiger partial charge is 0.461 e. The fourth-order valence-corrected chi connectivity index (χ4v) is 4.81. The highest BCUT2D eigenvalue weighted by Gasteiger charge is 2.23. The number of esters is 1. The molecule has 3 rings (SSSR count). The number of anilines is 1. The normalized spacial score (nSPS) is 11.9. The topological polar surface area (TPSA) is 94.1 Å². The summed E-state index contributed by atoms with van der Waals surface area (Å²) in [6, 6.07) is 11.8. The van der Waals surface area contributed by atoms with E-state index < -0.39 is 5.97 Å². The molecule has 33 heavy (non-hydrogen) atoms. The van der Waals surface area contributed by atoms with Gasteiger partial charge in [-0.25, -0.2) is 19.7 Å². The van der Waals surface area contributed by atoms with Crippen LogP contribution in [-0.2, 0) is 9.53 Å². The Kier molecular flexibility index (Phi) is 8.57. The lowest BCUT2D eigenvalue weighted by Crippen LogP contribution is -2.24. The van der Waals surface area contributed by atoms with Crippen molar-refractivity contribution in [3.8, 4) is 11.3 Å². The van der Waals surface area contributed by atoms with Crippen molar-refractivity contribution in [3.63, 3.8) is 0 Å². The Hall–Kier alpha value is -2.78. The summed E-state index contributed by atoms with van der Waals surface area (Å²) >= 11 is 2.52. The minimum absolute atomic E-state index is 0.184. The molecule has 2 heterocycles. The molecule has 1 atom stereocenters. The summed E-state index contributed by atoms with van der Waals surface area (Å²) in [7, 11) is 0. The fourth-order valence-electron chi connectivity index (χ4n) is 2.96. The number of carbonyl (C=O) groups excluding carboxylic acids is 2. The zero-order valence-electron chi connectivity index (χ0n) is 19.4. The molecule has 0 saturated heterocycles. The predicted molar refractivity (Wildman–Crippen MR) is 133 cm³/mol. The van der Waals surface area contributed by atoms with E-state index in [9.17, 15) is 9.59 Å². The van der Waals surface area contributed by atoms with Gasteiger partial charge in [-0.2, -0.15) is 0 Å². The number of thioether (sulfide) groups is 1. The Bertz CT molecular complexity index is 1120. The van der Waals surface area contributed by atoms with E-state index in [0.717, 1.165) is 27.6 Å². The minimum Gasteiger partial charge on any atom is -0.461 e. The summed E-state index contributed by atoms with van der Waals surface area (Å²) in [6.45, 7) is 9.82. The number of hydrogen-bond acceptors (Lipinski definition) is 8. The molecule has 1 unspecified atom stereocenters. The molecule has 1 amide bonds. The van der Waals surface area contributed by atoms with Gasteiger partial charge in [0.2, 0.25) is 5.91 Å². The third-order valence-electron chi connectivity index (χ3n) is 4.57. The number of ether oxygens (including phenoxy) is 1. The van der Waals surface area contributed by atoms with Crippen LogP contribution in [0.25, 0.3) is 11.3 Å². The minimum atomic E-state index is -0.412. The highest BCUT2D eigenvalue weighted by Crippen LogP contribution is 2.29. The van der Waals surface area contributed by atoms with Crippen LogP contribution in [0.3, 0.4) is 0 Å². The molecule has 0 spiro atoms. The third-order valence-corrected chi connectivity index (χ3v) is 6.91. The molecule has 7 nitrogen and oxygen atoms in total. The van der Waals surface area contributed by atoms with Gasteiger partial charge in [0.15, 0.2) is 5.13 Å². The maximum Gasteiger partial charge on any atom is 0.350 e. The van der Waals surface area contributed by atoms with Crippen LogP contribution in [-0.4, -0.2) is 38.7 Å². The van der Waals surface area contributed by atoms with Crippen molar-refractivity contribution in [1.29, 1.82) is 0 Å². The second-order valence-corrected chi connectivity index (χ2v) is 10.2. The summed E-state index contributed by atoms with van der Waals surface area (Å²) in [4.78, 5) is 39.1. The van der Waals surface area contributed by atoms with E-state index in [4.69, 9.17) is 4.74 Å². The van der Waals surface area contributed by atoms with Crippen LogP contribution >= 0.6 is 23.1 Å². The number of nitrogens with zero attached hydrogens (tertiary/aromatic N) is 3. The molecule has 2 aromatic heterocycles. The van der Waals surface area contributed by atoms with Gasteiger partial charge in [-0.05, 0) is 32.3 Å². The lowest BCUT2D eigenvalue weighted by atomic mass is 10.1. The molecule has 1 aromatic carbocycles. The average molecular weight is 485 g/mol. The van der Waals surface area contributed by atoms with Crippen molar-refractivity contribution in [3.05, 3.63) is 52.8 Å². The molecule has 9 heteroatoms. The molecule has 0 radical (unpaired) electrons. The summed E-state index contributed by atoms with van der Waals surface area (Å²) in [5, 5.41) is 3.60. The van der Waals surface area contributed by atoms with E-state index in [1.54, 1.807) is 6.92 Å². The van der Waals surface area contributed by atoms with Crippen LogP contribution in [0.2, 0.25) is 0 Å². The van der Waals surface area contributed by atoms with E-state index in [-0.39, 0.29) is 17.1 Å². The van der Waals surface area contributed by atoms with Gasteiger partial charge < -0.3 is 10.1 Å². The van der Waals surface area contributed by atoms with E-state index in [1.165, 1.54) is 11.8 Å². The molecule has 0 aliphatic rings. The first-order valence-electron chi connectivity index (χ1n) is 10.8. The molecule has 0 aliphatic carbocycles. The number of benzene rings is 1. The van der Waals surface area contributed by atoms with Crippen molar-refractivity contribution in [2.45, 2.75) is 51.3 Å². The van der Waals surface area contributed by atoms with E-state index >= 15 is 0 Å². The van der Waals surface area contributed by atoms with Crippen molar-refractivity contribution >= 4 is 40.1 Å². The number of thiazole rings is 1. The zero-order chi connectivity index (χ0) is 24.0. The standard InChI is InChI=1S/C24H28N4O3S2/c1-6-19(32-20-12-18(26-16(5)27-20)17-10-8-7-9-11-17)22(29)28-24-25-15(4)21(33-24)23(30)31-13-14(2)3/h7-12,14,19H,6,13H2,1-5H3,(H,25,28,29). The Morgan fingerprint density at radius 1 is 1.12 bits per heavy atom. The summed E-state index contributed by atoms with van der Waals surface area (Å²) in [5.41, 5.74) is 2.36. The van der Waals surface area contributed by atoms with Crippen molar-refractivity contribution in [2.75, 3.05) is 11.9 Å². The molecule has 0 aliphatic heterocycles. The van der Waals surface area contributed by atoms with Crippen LogP contribution < -0.4 is 5.32 Å². The molecule has 0 fully saturated rings. The number of aryl methyl sites for hydroxylation is 2. The second-order valence-electron chi connectivity index (χ2n) is 7.93. The van der Waals surface area contributed by atoms with Crippen molar-refractivity contribution < 1.29 is 14.3 Å². The van der Waals surface area contributed by atoms with Crippen molar-refractivity contribution in [1.82, 2.24) is 15.0 Å². The summed E-state index contributed by atoms with van der Waals surface area (Å²) < 4.78 is 5.30. The highest BCUT2D eigenvalue weighted by atomic mass is 32.2. The Morgan fingerprint density at radius 3 is 2.52 bits per heavy atom. The van der Waals surface area contributed by atoms with Gasteiger partial charge in [0.25, 0.3) is 0 Å². The lowest BCUT2D eigenvalue weighted by Gasteiger charge is -2.14. The first-order valence-corrected chi connectivity index (χ1v) is 12.5. The second kappa shape index (κ2) is 11.4. The molecule has 0 saturated carbocycles. The number of rotatable bonds is 9. The number of aromatic nitrogens is 3. The maximum absolute atomic E-state index is 13.0. The van der Waals surface area contributed by atoms with Gasteiger partial charge in [-0.3, -0.25) is 4.79 Å². The molecule has 3 aromatic rings. The van der Waals surface area contributed by atoms with Crippen LogP contribution in [0.1, 0.15) is 48.4 Å². The highest BCUT2D eigenvalue weighted by molar-refractivity contribution is 8.00. The van der Waals surface area contributed by atoms with Crippen LogP contribution in [0.5, 0.6) is 0 Å². The van der Waals surface area contributed by atoms with Crippen LogP contribution in [0.4, 0.5) is 5.13 Å². The molecular weight excluding hydrogens is 456 g/mol.